The molecule has 2 aliphatic rings. The Morgan fingerprint density at radius 2 is 1.92 bits per heavy atom. The molecule has 0 aromatic carbocycles. The molecule has 0 unspecified atom stereocenters. The van der Waals surface area contributed by atoms with Crippen molar-refractivity contribution in [2.75, 3.05) is 49.7 Å². The number of fused-ring (bicyclic) bond motifs is 1. The van der Waals surface area contributed by atoms with Crippen molar-refractivity contribution in [1.82, 2.24) is 29.6 Å². The summed E-state index contributed by atoms with van der Waals surface area (Å²) in [5, 5.41) is 4.59. The quantitative estimate of drug-likeness (QED) is 0.416. The number of piperidine rings is 1. The van der Waals surface area contributed by atoms with E-state index in [1.807, 2.05) is 16.5 Å². The molecule has 208 valence electrons. The van der Waals surface area contributed by atoms with Crippen molar-refractivity contribution < 1.29 is 27.5 Å². The summed E-state index contributed by atoms with van der Waals surface area (Å²) in [4.78, 5) is 43.6. The SMILES string of the molecule is CCN(C=O)C1(C(=O)N(C)c2ccc(C(F)(F)F)nc2)CCN(c2cnc3c(C)nn(C4COC4)c3n2)CC1. The van der Waals surface area contributed by atoms with Crippen molar-refractivity contribution in [3.63, 3.8) is 0 Å². The van der Waals surface area contributed by atoms with Gasteiger partial charge in [0, 0.05) is 26.7 Å². The normalized spacial score (nSPS) is 17.6. The molecule has 2 amide bonds. The maximum atomic E-state index is 13.8. The molecule has 0 bridgehead atoms. The summed E-state index contributed by atoms with van der Waals surface area (Å²) in [6.07, 6.45) is -0.634. The minimum Gasteiger partial charge on any atom is -0.377 e. The van der Waals surface area contributed by atoms with Gasteiger partial charge in [-0.1, -0.05) is 0 Å². The molecule has 0 N–H and O–H groups in total. The highest BCUT2D eigenvalue weighted by atomic mass is 19.4. The van der Waals surface area contributed by atoms with Crippen LogP contribution in [0, 0.1) is 6.92 Å². The fourth-order valence-electron chi connectivity index (χ4n) is 5.20. The zero-order valence-electron chi connectivity index (χ0n) is 21.9. The molecule has 0 saturated carbocycles. The van der Waals surface area contributed by atoms with Crippen molar-refractivity contribution in [3.05, 3.63) is 35.9 Å². The summed E-state index contributed by atoms with van der Waals surface area (Å²) in [6, 6.07) is 2.15. The Morgan fingerprint density at radius 1 is 1.21 bits per heavy atom. The fourth-order valence-corrected chi connectivity index (χ4v) is 5.20. The summed E-state index contributed by atoms with van der Waals surface area (Å²) in [7, 11) is 1.48. The molecule has 2 saturated heterocycles. The van der Waals surface area contributed by atoms with Crippen LogP contribution in [-0.2, 0) is 20.5 Å². The Balaban J connectivity index is 1.39. The van der Waals surface area contributed by atoms with Crippen molar-refractivity contribution in [2.45, 2.75) is 44.4 Å². The molecule has 3 aromatic rings. The van der Waals surface area contributed by atoms with E-state index in [1.54, 1.807) is 13.1 Å². The molecule has 5 rings (SSSR count). The monoisotopic (exact) mass is 546 g/mol. The molecular weight excluding hydrogens is 517 g/mol. The molecule has 11 nitrogen and oxygen atoms in total. The van der Waals surface area contributed by atoms with Gasteiger partial charge in [0.25, 0.3) is 5.91 Å². The summed E-state index contributed by atoms with van der Waals surface area (Å²) in [5.74, 6) is 0.247. The summed E-state index contributed by atoms with van der Waals surface area (Å²) in [6.45, 7) is 5.91. The second-order valence-corrected chi connectivity index (χ2v) is 9.80. The second kappa shape index (κ2) is 10.1. The first-order valence-electron chi connectivity index (χ1n) is 12.7. The lowest BCUT2D eigenvalue weighted by atomic mass is 9.84. The lowest BCUT2D eigenvalue weighted by Gasteiger charge is -2.47. The van der Waals surface area contributed by atoms with Gasteiger partial charge in [-0.2, -0.15) is 18.3 Å². The maximum absolute atomic E-state index is 13.8. The molecule has 2 aliphatic heterocycles. The Hall–Kier alpha value is -3.81. The van der Waals surface area contributed by atoms with E-state index in [1.165, 1.54) is 22.9 Å². The number of carbonyl (C=O) groups excluding carboxylic acids is 2. The highest BCUT2D eigenvalue weighted by Crippen LogP contribution is 2.35. The molecule has 0 aliphatic carbocycles. The minimum atomic E-state index is -4.58. The van der Waals surface area contributed by atoms with Crippen LogP contribution in [0.3, 0.4) is 0 Å². The van der Waals surface area contributed by atoms with Crippen molar-refractivity contribution in [1.29, 1.82) is 0 Å². The third kappa shape index (κ3) is 4.66. The molecule has 39 heavy (non-hydrogen) atoms. The molecule has 3 aromatic heterocycles. The lowest BCUT2D eigenvalue weighted by Crippen LogP contribution is -2.63. The minimum absolute atomic E-state index is 0.110. The number of rotatable bonds is 7. The van der Waals surface area contributed by atoms with Gasteiger partial charge in [-0.05, 0) is 38.8 Å². The second-order valence-electron chi connectivity index (χ2n) is 9.80. The van der Waals surface area contributed by atoms with E-state index in [0.29, 0.717) is 63.6 Å². The van der Waals surface area contributed by atoms with Gasteiger partial charge in [0.2, 0.25) is 6.41 Å². The van der Waals surface area contributed by atoms with E-state index in [0.717, 1.165) is 23.5 Å². The number of anilines is 2. The van der Waals surface area contributed by atoms with E-state index in [4.69, 9.17) is 9.72 Å². The average molecular weight is 547 g/mol. The molecule has 5 heterocycles. The zero-order valence-corrected chi connectivity index (χ0v) is 21.9. The van der Waals surface area contributed by atoms with Crippen LogP contribution in [0.1, 0.15) is 37.2 Å². The van der Waals surface area contributed by atoms with Gasteiger partial charge in [0.15, 0.2) is 5.65 Å². The molecular formula is C25H29F3N8O3. The number of ether oxygens (including phenoxy) is 1. The number of hydrogen-bond donors (Lipinski definition) is 0. The van der Waals surface area contributed by atoms with Gasteiger partial charge < -0.3 is 19.4 Å². The Labute approximate surface area is 222 Å². The number of aromatic nitrogens is 5. The first-order chi connectivity index (χ1) is 18.6. The van der Waals surface area contributed by atoms with E-state index in [9.17, 15) is 22.8 Å². The molecule has 0 radical (unpaired) electrons. The summed E-state index contributed by atoms with van der Waals surface area (Å²) in [5.41, 5.74) is 0.156. The van der Waals surface area contributed by atoms with Crippen LogP contribution >= 0.6 is 0 Å². The first-order valence-corrected chi connectivity index (χ1v) is 12.7. The van der Waals surface area contributed by atoms with Crippen LogP contribution in [0.2, 0.25) is 0 Å². The van der Waals surface area contributed by atoms with Gasteiger partial charge >= 0.3 is 6.18 Å². The lowest BCUT2D eigenvalue weighted by molar-refractivity contribution is -0.141. The van der Waals surface area contributed by atoms with E-state index in [-0.39, 0.29) is 11.7 Å². The van der Waals surface area contributed by atoms with Gasteiger partial charge in [-0.25, -0.2) is 19.6 Å². The number of halogens is 3. The standard InChI is InChI=1S/C25H29F3N8O3/c1-4-35(15-37)24(23(38)33(3)17-5-6-19(29-11-17)25(26,27)28)7-9-34(10-8-24)20-12-30-21-16(2)32-36(22(21)31-20)18-13-39-14-18/h5-6,11-12,15,18H,4,7-10,13-14H2,1-3H3. The van der Waals surface area contributed by atoms with Crippen LogP contribution < -0.4 is 9.80 Å². The van der Waals surface area contributed by atoms with E-state index >= 15 is 0 Å². The highest BCUT2D eigenvalue weighted by molar-refractivity contribution is 6.01. The zero-order chi connectivity index (χ0) is 27.9. The molecule has 0 atom stereocenters. The Morgan fingerprint density at radius 3 is 2.46 bits per heavy atom. The Kier molecular flexibility index (Phi) is 6.91. The topological polar surface area (TPSA) is 110 Å². The number of likely N-dealkylation sites (N-methyl/N-ethyl adjacent to an activating group) is 2. The van der Waals surface area contributed by atoms with Gasteiger partial charge in [-0.3, -0.25) is 9.59 Å². The number of carbonyl (C=O) groups is 2. The first kappa shape index (κ1) is 26.8. The van der Waals surface area contributed by atoms with Crippen LogP contribution in [-0.4, -0.2) is 87.4 Å². The number of pyridine rings is 1. The fraction of sp³-hybridized carbons (Fsp3) is 0.520. The smallest absolute Gasteiger partial charge is 0.377 e. The number of aryl methyl sites for hydroxylation is 1. The average Bonchev–Trinajstić information content (AvgIpc) is 3.22. The third-order valence-electron chi connectivity index (χ3n) is 7.59. The van der Waals surface area contributed by atoms with Crippen LogP contribution in [0.5, 0.6) is 0 Å². The molecule has 0 spiro atoms. The number of alkyl halides is 3. The van der Waals surface area contributed by atoms with Crippen molar-refractivity contribution >= 4 is 35.0 Å². The number of hydrogen-bond acceptors (Lipinski definition) is 8. The van der Waals surface area contributed by atoms with Crippen LogP contribution in [0.25, 0.3) is 11.2 Å². The maximum Gasteiger partial charge on any atom is 0.433 e. The molecule has 14 heteroatoms. The van der Waals surface area contributed by atoms with Crippen LogP contribution in [0.4, 0.5) is 24.7 Å². The summed E-state index contributed by atoms with van der Waals surface area (Å²) < 4.78 is 46.0. The van der Waals surface area contributed by atoms with Gasteiger partial charge in [-0.15, -0.1) is 0 Å². The van der Waals surface area contributed by atoms with E-state index < -0.39 is 23.3 Å². The van der Waals surface area contributed by atoms with Gasteiger partial charge in [0.1, 0.15) is 28.6 Å². The van der Waals surface area contributed by atoms with Crippen molar-refractivity contribution in [2.24, 2.45) is 0 Å². The largest absolute Gasteiger partial charge is 0.433 e. The highest BCUT2D eigenvalue weighted by Gasteiger charge is 2.47. The number of amides is 2. The van der Waals surface area contributed by atoms with Crippen molar-refractivity contribution in [3.8, 4) is 0 Å². The van der Waals surface area contributed by atoms with E-state index in [2.05, 4.69) is 15.1 Å². The van der Waals surface area contributed by atoms with Gasteiger partial charge in [0.05, 0.1) is 37.0 Å². The Bertz CT molecular complexity index is 1370. The molecule has 2 fully saturated rings. The predicted molar refractivity (Wildman–Crippen MR) is 135 cm³/mol. The predicted octanol–water partition coefficient (Wildman–Crippen LogP) is 2.60. The number of nitrogens with zero attached hydrogens (tertiary/aromatic N) is 8. The van der Waals surface area contributed by atoms with Crippen LogP contribution in [0.15, 0.2) is 24.5 Å². The third-order valence-corrected chi connectivity index (χ3v) is 7.59. The summed E-state index contributed by atoms with van der Waals surface area (Å²) >= 11 is 0.